The molecule has 0 saturated carbocycles. The maximum absolute atomic E-state index is 12.3. The fourth-order valence-electron chi connectivity index (χ4n) is 3.41. The van der Waals surface area contributed by atoms with Gasteiger partial charge in [0.05, 0.1) is 5.75 Å². The standard InChI is InChI=1S/C18H23N5OS/c1-14-5-7-15(8-6-14)22-11-12-23-17(22)19-20-18(23)25-13-16(24)21-9-3-2-4-10-21/h5-8H,2-4,9-13H2,1H3. The molecule has 0 N–H and O–H groups in total. The summed E-state index contributed by atoms with van der Waals surface area (Å²) < 4.78 is 2.12. The van der Waals surface area contributed by atoms with Crippen LogP contribution in [-0.4, -0.2) is 51.0 Å². The topological polar surface area (TPSA) is 54.3 Å². The highest BCUT2D eigenvalue weighted by atomic mass is 32.2. The number of carbonyl (C=O) groups is 1. The monoisotopic (exact) mass is 357 g/mol. The van der Waals surface area contributed by atoms with Crippen LogP contribution < -0.4 is 4.90 Å². The van der Waals surface area contributed by atoms with E-state index in [1.54, 1.807) is 0 Å². The van der Waals surface area contributed by atoms with Gasteiger partial charge in [-0.25, -0.2) is 0 Å². The van der Waals surface area contributed by atoms with E-state index in [1.165, 1.54) is 23.7 Å². The van der Waals surface area contributed by atoms with Crippen molar-refractivity contribution in [3.05, 3.63) is 29.8 Å². The molecule has 1 amide bonds. The Hall–Kier alpha value is -2.02. The van der Waals surface area contributed by atoms with Gasteiger partial charge >= 0.3 is 0 Å². The molecule has 132 valence electrons. The Labute approximate surface area is 152 Å². The summed E-state index contributed by atoms with van der Waals surface area (Å²) in [7, 11) is 0. The molecule has 1 saturated heterocycles. The number of benzene rings is 1. The maximum Gasteiger partial charge on any atom is 0.233 e. The summed E-state index contributed by atoms with van der Waals surface area (Å²) in [6.45, 7) is 5.64. The molecule has 2 aliphatic rings. The largest absolute Gasteiger partial charge is 0.342 e. The van der Waals surface area contributed by atoms with Crippen molar-refractivity contribution in [3.63, 3.8) is 0 Å². The third-order valence-corrected chi connectivity index (χ3v) is 5.82. The number of nitrogens with zero attached hydrogens (tertiary/aromatic N) is 5. The summed E-state index contributed by atoms with van der Waals surface area (Å²) in [6.07, 6.45) is 3.49. The Kier molecular flexibility index (Phi) is 4.65. The summed E-state index contributed by atoms with van der Waals surface area (Å²) in [5.41, 5.74) is 2.38. The molecule has 3 heterocycles. The summed E-state index contributed by atoms with van der Waals surface area (Å²) in [5, 5.41) is 9.51. The van der Waals surface area contributed by atoms with Gasteiger partial charge in [0.15, 0.2) is 5.16 Å². The molecule has 1 fully saturated rings. The Balaban J connectivity index is 1.43. The highest BCUT2D eigenvalue weighted by molar-refractivity contribution is 7.99. The first kappa shape index (κ1) is 16.4. The predicted octanol–water partition coefficient (Wildman–Crippen LogP) is 2.84. The molecule has 2 aliphatic heterocycles. The molecule has 1 aromatic carbocycles. The Morgan fingerprint density at radius 2 is 1.80 bits per heavy atom. The van der Waals surface area contributed by atoms with Crippen molar-refractivity contribution >= 4 is 29.3 Å². The van der Waals surface area contributed by atoms with Crippen LogP contribution in [0, 0.1) is 6.92 Å². The van der Waals surface area contributed by atoms with Crippen LogP contribution in [0.1, 0.15) is 24.8 Å². The van der Waals surface area contributed by atoms with Crippen molar-refractivity contribution in [2.24, 2.45) is 0 Å². The van der Waals surface area contributed by atoms with Gasteiger partial charge in [-0.05, 0) is 38.3 Å². The van der Waals surface area contributed by atoms with Crippen molar-refractivity contribution in [2.45, 2.75) is 37.9 Å². The third kappa shape index (κ3) is 3.38. The van der Waals surface area contributed by atoms with Crippen LogP contribution in [0.4, 0.5) is 11.6 Å². The zero-order chi connectivity index (χ0) is 17.2. The normalized spacial score (nSPS) is 17.0. The molecular weight excluding hydrogens is 334 g/mol. The van der Waals surface area contributed by atoms with Gasteiger partial charge in [0.1, 0.15) is 0 Å². The molecule has 0 unspecified atom stereocenters. The second kappa shape index (κ2) is 7.07. The fraction of sp³-hybridized carbons (Fsp3) is 0.500. The van der Waals surface area contributed by atoms with Crippen molar-refractivity contribution in [3.8, 4) is 0 Å². The molecule has 7 heteroatoms. The van der Waals surface area contributed by atoms with E-state index < -0.39 is 0 Å². The number of aryl methyl sites for hydroxylation is 1. The number of piperidine rings is 1. The lowest BCUT2D eigenvalue weighted by molar-refractivity contribution is -0.129. The number of hydrogen-bond donors (Lipinski definition) is 0. The van der Waals surface area contributed by atoms with Crippen LogP contribution in [0.15, 0.2) is 29.4 Å². The summed E-state index contributed by atoms with van der Waals surface area (Å²) >= 11 is 1.51. The number of anilines is 2. The van der Waals surface area contributed by atoms with Crippen LogP contribution in [0.25, 0.3) is 0 Å². The van der Waals surface area contributed by atoms with E-state index in [0.717, 1.165) is 55.8 Å². The van der Waals surface area contributed by atoms with E-state index >= 15 is 0 Å². The first-order valence-corrected chi connectivity index (χ1v) is 9.89. The van der Waals surface area contributed by atoms with Crippen LogP contribution >= 0.6 is 11.8 Å². The van der Waals surface area contributed by atoms with Crippen LogP contribution in [0.5, 0.6) is 0 Å². The van der Waals surface area contributed by atoms with Gasteiger partial charge < -0.3 is 9.80 Å². The summed E-state index contributed by atoms with van der Waals surface area (Å²) in [4.78, 5) is 16.5. The van der Waals surface area contributed by atoms with Gasteiger partial charge in [-0.3, -0.25) is 9.36 Å². The Morgan fingerprint density at radius 1 is 1.04 bits per heavy atom. The zero-order valence-corrected chi connectivity index (χ0v) is 15.3. The minimum absolute atomic E-state index is 0.218. The lowest BCUT2D eigenvalue weighted by Gasteiger charge is -2.26. The molecule has 6 nitrogen and oxygen atoms in total. The van der Waals surface area contributed by atoms with Gasteiger partial charge in [0.25, 0.3) is 0 Å². The molecule has 0 aliphatic carbocycles. The number of carbonyl (C=O) groups excluding carboxylic acids is 1. The van der Waals surface area contributed by atoms with E-state index in [4.69, 9.17) is 0 Å². The highest BCUT2D eigenvalue weighted by Gasteiger charge is 2.26. The number of fused-ring (bicyclic) bond motifs is 1. The van der Waals surface area contributed by atoms with Crippen molar-refractivity contribution < 1.29 is 4.79 Å². The molecule has 4 rings (SSSR count). The van der Waals surface area contributed by atoms with Gasteiger partial charge in [0, 0.05) is 31.9 Å². The van der Waals surface area contributed by atoms with Crippen LogP contribution in [0.2, 0.25) is 0 Å². The number of rotatable bonds is 4. The maximum atomic E-state index is 12.3. The van der Waals surface area contributed by atoms with Crippen molar-refractivity contribution in [1.82, 2.24) is 19.7 Å². The van der Waals surface area contributed by atoms with Gasteiger partial charge in [-0.2, -0.15) is 0 Å². The second-order valence-corrected chi connectivity index (χ2v) is 7.59. The molecular formula is C18H23N5OS. The van der Waals surface area contributed by atoms with E-state index in [1.807, 2.05) is 4.90 Å². The molecule has 0 spiro atoms. The minimum Gasteiger partial charge on any atom is -0.342 e. The molecule has 0 bridgehead atoms. The van der Waals surface area contributed by atoms with Gasteiger partial charge in [0.2, 0.25) is 11.9 Å². The Morgan fingerprint density at radius 3 is 2.56 bits per heavy atom. The molecule has 0 radical (unpaired) electrons. The third-order valence-electron chi connectivity index (χ3n) is 4.87. The number of thioether (sulfide) groups is 1. The van der Waals surface area contributed by atoms with Crippen molar-refractivity contribution in [2.75, 3.05) is 30.3 Å². The van der Waals surface area contributed by atoms with Crippen LogP contribution in [0.3, 0.4) is 0 Å². The number of likely N-dealkylation sites (tertiary alicyclic amines) is 1. The summed E-state index contributed by atoms with van der Waals surface area (Å²) in [5.74, 6) is 1.54. The molecule has 0 atom stereocenters. The van der Waals surface area contributed by atoms with E-state index in [0.29, 0.717) is 5.75 Å². The predicted molar refractivity (Wildman–Crippen MR) is 99.4 cm³/mol. The number of hydrogen-bond acceptors (Lipinski definition) is 5. The van der Waals surface area contributed by atoms with Crippen LogP contribution in [-0.2, 0) is 11.3 Å². The number of aromatic nitrogens is 3. The first-order valence-electron chi connectivity index (χ1n) is 8.90. The van der Waals surface area contributed by atoms with Gasteiger partial charge in [-0.1, -0.05) is 29.5 Å². The van der Waals surface area contributed by atoms with E-state index in [2.05, 4.69) is 50.9 Å². The van der Waals surface area contributed by atoms with Gasteiger partial charge in [-0.15, -0.1) is 10.2 Å². The smallest absolute Gasteiger partial charge is 0.233 e. The SMILES string of the molecule is Cc1ccc(N2CCn3c(SCC(=O)N4CCCCC4)nnc32)cc1. The van der Waals surface area contributed by atoms with E-state index in [-0.39, 0.29) is 5.91 Å². The Bertz CT molecular complexity index is 751. The van der Waals surface area contributed by atoms with E-state index in [9.17, 15) is 4.79 Å². The lowest BCUT2D eigenvalue weighted by Crippen LogP contribution is -2.36. The second-order valence-electron chi connectivity index (χ2n) is 6.65. The number of amides is 1. The molecule has 25 heavy (non-hydrogen) atoms. The highest BCUT2D eigenvalue weighted by Crippen LogP contribution is 2.32. The van der Waals surface area contributed by atoms with Crippen molar-refractivity contribution in [1.29, 1.82) is 0 Å². The minimum atomic E-state index is 0.218. The first-order chi connectivity index (χ1) is 12.2. The fourth-order valence-corrected chi connectivity index (χ4v) is 4.28. The lowest BCUT2D eigenvalue weighted by atomic mass is 10.1. The molecule has 2 aromatic rings. The summed E-state index contributed by atoms with van der Waals surface area (Å²) in [6, 6.07) is 8.46. The average Bonchev–Trinajstić information content (AvgIpc) is 3.23. The zero-order valence-electron chi connectivity index (χ0n) is 14.5. The quantitative estimate of drug-likeness (QED) is 0.788. The molecule has 1 aromatic heterocycles. The average molecular weight is 357 g/mol.